The SMILES string of the molecule is Cc1ccc(OCC(C)(NC2CC2)C(=O)O)cc1. The number of carboxylic acids is 1. The molecule has 0 heterocycles. The van der Waals surface area contributed by atoms with Crippen molar-refractivity contribution < 1.29 is 14.6 Å². The minimum absolute atomic E-state index is 0.127. The zero-order valence-electron chi connectivity index (χ0n) is 10.8. The van der Waals surface area contributed by atoms with Gasteiger partial charge in [0.25, 0.3) is 0 Å². The maximum atomic E-state index is 11.3. The number of carbonyl (C=O) groups is 1. The maximum Gasteiger partial charge on any atom is 0.327 e. The average Bonchev–Trinajstić information content (AvgIpc) is 3.12. The molecule has 1 aromatic rings. The number of rotatable bonds is 6. The number of nitrogens with one attached hydrogen (secondary N) is 1. The Bertz CT molecular complexity index is 425. The fraction of sp³-hybridized carbons (Fsp3) is 0.500. The molecule has 18 heavy (non-hydrogen) atoms. The molecule has 0 saturated heterocycles. The van der Waals surface area contributed by atoms with Crippen LogP contribution in [0.25, 0.3) is 0 Å². The van der Waals surface area contributed by atoms with Gasteiger partial charge in [0.2, 0.25) is 0 Å². The van der Waals surface area contributed by atoms with E-state index in [-0.39, 0.29) is 6.61 Å². The molecule has 1 fully saturated rings. The zero-order chi connectivity index (χ0) is 13.2. The van der Waals surface area contributed by atoms with Gasteiger partial charge in [-0.25, -0.2) is 0 Å². The highest BCUT2D eigenvalue weighted by Crippen LogP contribution is 2.23. The van der Waals surface area contributed by atoms with Crippen LogP contribution in [-0.2, 0) is 4.79 Å². The third-order valence-electron chi connectivity index (χ3n) is 3.12. The molecule has 4 nitrogen and oxygen atoms in total. The standard InChI is InChI=1S/C14H19NO3/c1-10-3-7-12(8-4-10)18-9-14(2,13(16)17)15-11-5-6-11/h3-4,7-8,11,15H,5-6,9H2,1-2H3,(H,16,17). The van der Waals surface area contributed by atoms with E-state index in [1.54, 1.807) is 6.92 Å². The summed E-state index contributed by atoms with van der Waals surface area (Å²) in [7, 11) is 0. The van der Waals surface area contributed by atoms with Crippen molar-refractivity contribution in [2.24, 2.45) is 0 Å². The Balaban J connectivity index is 1.96. The lowest BCUT2D eigenvalue weighted by Gasteiger charge is -2.26. The minimum atomic E-state index is -1.02. The average molecular weight is 249 g/mol. The Kier molecular flexibility index (Phi) is 3.57. The number of ether oxygens (including phenoxy) is 1. The zero-order valence-corrected chi connectivity index (χ0v) is 10.8. The van der Waals surface area contributed by atoms with Crippen molar-refractivity contribution >= 4 is 5.97 Å². The lowest BCUT2D eigenvalue weighted by molar-refractivity contribution is -0.145. The van der Waals surface area contributed by atoms with Crippen LogP contribution in [0.4, 0.5) is 0 Å². The molecular formula is C14H19NO3. The van der Waals surface area contributed by atoms with Gasteiger partial charge in [-0.15, -0.1) is 0 Å². The summed E-state index contributed by atoms with van der Waals surface area (Å²) in [4.78, 5) is 11.3. The monoisotopic (exact) mass is 249 g/mol. The Hall–Kier alpha value is -1.55. The largest absolute Gasteiger partial charge is 0.491 e. The van der Waals surface area contributed by atoms with E-state index in [1.165, 1.54) is 0 Å². The Morgan fingerprint density at radius 3 is 2.56 bits per heavy atom. The highest BCUT2D eigenvalue weighted by atomic mass is 16.5. The molecule has 0 bridgehead atoms. The molecule has 1 aliphatic carbocycles. The summed E-state index contributed by atoms with van der Waals surface area (Å²) >= 11 is 0. The van der Waals surface area contributed by atoms with Crippen molar-refractivity contribution in [3.8, 4) is 5.75 Å². The van der Waals surface area contributed by atoms with E-state index in [2.05, 4.69) is 5.32 Å². The molecule has 0 radical (unpaired) electrons. The van der Waals surface area contributed by atoms with Crippen molar-refractivity contribution in [2.75, 3.05) is 6.61 Å². The topological polar surface area (TPSA) is 58.6 Å². The number of aliphatic carboxylic acids is 1. The van der Waals surface area contributed by atoms with E-state index in [4.69, 9.17) is 4.74 Å². The molecule has 1 unspecified atom stereocenters. The number of carboxylic acid groups (broad SMARTS) is 1. The van der Waals surface area contributed by atoms with Gasteiger partial charge in [-0.3, -0.25) is 10.1 Å². The van der Waals surface area contributed by atoms with Crippen LogP contribution in [0.5, 0.6) is 5.75 Å². The molecule has 0 amide bonds. The van der Waals surface area contributed by atoms with E-state index in [0.717, 1.165) is 18.4 Å². The van der Waals surface area contributed by atoms with Crippen molar-refractivity contribution in [3.63, 3.8) is 0 Å². The van der Waals surface area contributed by atoms with Gasteiger partial charge < -0.3 is 9.84 Å². The molecule has 1 aromatic carbocycles. The van der Waals surface area contributed by atoms with Gasteiger partial charge >= 0.3 is 5.97 Å². The third-order valence-corrected chi connectivity index (χ3v) is 3.12. The molecule has 0 aliphatic heterocycles. The van der Waals surface area contributed by atoms with Crippen molar-refractivity contribution in [3.05, 3.63) is 29.8 Å². The van der Waals surface area contributed by atoms with Crippen molar-refractivity contribution in [1.29, 1.82) is 0 Å². The highest BCUT2D eigenvalue weighted by molar-refractivity contribution is 5.78. The van der Waals surface area contributed by atoms with Crippen LogP contribution in [-0.4, -0.2) is 29.3 Å². The lowest BCUT2D eigenvalue weighted by Crippen LogP contribution is -2.54. The van der Waals surface area contributed by atoms with Crippen molar-refractivity contribution in [1.82, 2.24) is 5.32 Å². The second kappa shape index (κ2) is 4.98. The number of hydrogen-bond donors (Lipinski definition) is 2. The highest BCUT2D eigenvalue weighted by Gasteiger charge is 2.39. The summed E-state index contributed by atoms with van der Waals surface area (Å²) in [6, 6.07) is 7.93. The number of benzene rings is 1. The third kappa shape index (κ3) is 3.23. The first kappa shape index (κ1) is 12.9. The number of aryl methyl sites for hydroxylation is 1. The Morgan fingerprint density at radius 2 is 2.06 bits per heavy atom. The van der Waals surface area contributed by atoms with Crippen LogP contribution in [0.3, 0.4) is 0 Å². The predicted octanol–water partition coefficient (Wildman–Crippen LogP) is 1.97. The second-order valence-corrected chi connectivity index (χ2v) is 5.16. The normalized spacial score (nSPS) is 18.1. The molecule has 4 heteroatoms. The summed E-state index contributed by atoms with van der Waals surface area (Å²) in [5, 5.41) is 12.4. The van der Waals surface area contributed by atoms with Gasteiger partial charge in [0.15, 0.2) is 0 Å². The molecule has 1 aliphatic rings. The predicted molar refractivity (Wildman–Crippen MR) is 68.9 cm³/mol. The Morgan fingerprint density at radius 1 is 1.44 bits per heavy atom. The fourth-order valence-corrected chi connectivity index (χ4v) is 1.71. The smallest absolute Gasteiger partial charge is 0.327 e. The molecule has 2 N–H and O–H groups in total. The van der Waals surface area contributed by atoms with Crippen LogP contribution in [0.2, 0.25) is 0 Å². The van der Waals surface area contributed by atoms with Gasteiger partial charge in [-0.05, 0) is 38.8 Å². The summed E-state index contributed by atoms with van der Waals surface area (Å²) in [6.45, 7) is 3.80. The van der Waals surface area contributed by atoms with Crippen LogP contribution in [0.1, 0.15) is 25.3 Å². The molecule has 2 rings (SSSR count). The van der Waals surface area contributed by atoms with E-state index in [0.29, 0.717) is 11.8 Å². The van der Waals surface area contributed by atoms with Crippen LogP contribution >= 0.6 is 0 Å². The summed E-state index contributed by atoms with van der Waals surface area (Å²) in [6.07, 6.45) is 2.10. The van der Waals surface area contributed by atoms with E-state index >= 15 is 0 Å². The summed E-state index contributed by atoms with van der Waals surface area (Å²) in [5.74, 6) is -0.174. The quantitative estimate of drug-likeness (QED) is 0.809. The minimum Gasteiger partial charge on any atom is -0.491 e. The fourth-order valence-electron chi connectivity index (χ4n) is 1.71. The van der Waals surface area contributed by atoms with E-state index in [1.807, 2.05) is 31.2 Å². The first-order valence-corrected chi connectivity index (χ1v) is 6.20. The van der Waals surface area contributed by atoms with Crippen LogP contribution < -0.4 is 10.1 Å². The van der Waals surface area contributed by atoms with Gasteiger partial charge in [-0.2, -0.15) is 0 Å². The van der Waals surface area contributed by atoms with E-state index in [9.17, 15) is 9.90 Å². The van der Waals surface area contributed by atoms with Gasteiger partial charge in [0.1, 0.15) is 17.9 Å². The molecule has 1 atom stereocenters. The first-order chi connectivity index (χ1) is 8.49. The second-order valence-electron chi connectivity index (χ2n) is 5.16. The maximum absolute atomic E-state index is 11.3. The summed E-state index contributed by atoms with van der Waals surface area (Å²) in [5.41, 5.74) is 0.130. The summed E-state index contributed by atoms with van der Waals surface area (Å²) < 4.78 is 5.57. The van der Waals surface area contributed by atoms with Gasteiger partial charge in [0, 0.05) is 6.04 Å². The molecule has 1 saturated carbocycles. The van der Waals surface area contributed by atoms with Crippen molar-refractivity contribution in [2.45, 2.75) is 38.3 Å². The Labute approximate surface area is 107 Å². The first-order valence-electron chi connectivity index (χ1n) is 6.20. The van der Waals surface area contributed by atoms with Gasteiger partial charge in [0.05, 0.1) is 0 Å². The molecule has 98 valence electrons. The molecule has 0 aromatic heterocycles. The van der Waals surface area contributed by atoms with Crippen LogP contribution in [0, 0.1) is 6.92 Å². The number of hydrogen-bond acceptors (Lipinski definition) is 3. The van der Waals surface area contributed by atoms with E-state index < -0.39 is 11.5 Å². The molecular weight excluding hydrogens is 230 g/mol. The molecule has 0 spiro atoms. The van der Waals surface area contributed by atoms with Gasteiger partial charge in [-0.1, -0.05) is 17.7 Å². The van der Waals surface area contributed by atoms with Crippen LogP contribution in [0.15, 0.2) is 24.3 Å². The lowest BCUT2D eigenvalue weighted by atomic mass is 10.0.